The van der Waals surface area contributed by atoms with Crippen LogP contribution in [-0.4, -0.2) is 37.2 Å². The highest BCUT2D eigenvalue weighted by Gasteiger charge is 2.45. The number of amidine groups is 1. The Labute approximate surface area is 175 Å². The Kier molecular flexibility index (Phi) is 5.35. The Morgan fingerprint density at radius 1 is 1.23 bits per heavy atom. The molecule has 5 nitrogen and oxygen atoms in total. The highest BCUT2D eigenvalue weighted by atomic mass is 32.2. The quantitative estimate of drug-likeness (QED) is 0.593. The predicted octanol–water partition coefficient (Wildman–Crippen LogP) is 3.17. The topological polar surface area (TPSA) is 85.4 Å². The van der Waals surface area contributed by atoms with Crippen molar-refractivity contribution < 1.29 is 17.8 Å². The molecule has 0 bridgehead atoms. The number of aryl methyl sites for hydroxylation is 1. The van der Waals surface area contributed by atoms with E-state index in [4.69, 9.17) is 5.73 Å². The number of carbonyl (C=O) groups excluding carboxylic acids is 1. The number of pyridine rings is 1. The largest absolute Gasteiger partial charge is 0.386 e. The average Bonchev–Trinajstić information content (AvgIpc) is 2.61. The monoisotopic (exact) mass is 433 g/mol. The van der Waals surface area contributed by atoms with E-state index in [-0.39, 0.29) is 29.3 Å². The van der Waals surface area contributed by atoms with Gasteiger partial charge in [-0.05, 0) is 72.4 Å². The zero-order valence-corrected chi connectivity index (χ0v) is 18.3. The van der Waals surface area contributed by atoms with Crippen molar-refractivity contribution in [3.05, 3.63) is 64.5 Å². The molecule has 0 spiro atoms. The van der Waals surface area contributed by atoms with Gasteiger partial charge in [0.15, 0.2) is 11.6 Å². The third-order valence-electron chi connectivity index (χ3n) is 5.65. The molecule has 0 aliphatic carbocycles. The van der Waals surface area contributed by atoms with Crippen molar-refractivity contribution in [2.24, 2.45) is 10.7 Å². The van der Waals surface area contributed by atoms with E-state index in [1.807, 2.05) is 0 Å². The van der Waals surface area contributed by atoms with Crippen LogP contribution in [0.2, 0.25) is 0 Å². The number of hydrogen-bond donors (Lipinski definition) is 1. The number of aromatic nitrogens is 1. The van der Waals surface area contributed by atoms with E-state index in [9.17, 15) is 17.8 Å². The zero-order valence-electron chi connectivity index (χ0n) is 17.5. The zero-order chi connectivity index (χ0) is 22.5. The van der Waals surface area contributed by atoms with Gasteiger partial charge < -0.3 is 5.73 Å². The normalized spacial score (nSPS) is 25.6. The van der Waals surface area contributed by atoms with Crippen molar-refractivity contribution in [2.45, 2.75) is 44.4 Å². The average molecular weight is 434 g/mol. The van der Waals surface area contributed by atoms with Gasteiger partial charge in [0.25, 0.3) is 0 Å². The molecule has 3 rings (SSSR count). The Balaban J connectivity index is 2.00. The molecule has 0 saturated heterocycles. The second-order valence-corrected chi connectivity index (χ2v) is 11.4. The summed E-state index contributed by atoms with van der Waals surface area (Å²) < 4.78 is 41.1. The summed E-state index contributed by atoms with van der Waals surface area (Å²) >= 11 is 0. The highest BCUT2D eigenvalue weighted by Crippen LogP contribution is 2.38. The maximum atomic E-state index is 14.8. The van der Waals surface area contributed by atoms with Crippen LogP contribution in [0.15, 0.2) is 35.5 Å². The molecule has 1 aromatic heterocycles. The van der Waals surface area contributed by atoms with E-state index in [1.54, 1.807) is 27.7 Å². The van der Waals surface area contributed by atoms with Crippen LogP contribution in [0.3, 0.4) is 0 Å². The van der Waals surface area contributed by atoms with Crippen LogP contribution in [0.5, 0.6) is 0 Å². The molecule has 2 atom stereocenters. The molecule has 1 aromatic carbocycles. The van der Waals surface area contributed by atoms with Crippen LogP contribution in [0.1, 0.15) is 48.0 Å². The minimum Gasteiger partial charge on any atom is -0.386 e. The predicted molar refractivity (Wildman–Crippen MR) is 117 cm³/mol. The minimum atomic E-state index is -2.72. The molecule has 1 aliphatic rings. The lowest BCUT2D eigenvalue weighted by molar-refractivity contribution is 0.0984. The van der Waals surface area contributed by atoms with Crippen LogP contribution in [0.25, 0.3) is 0 Å². The number of hydrogen-bond acceptors (Lipinski definition) is 5. The van der Waals surface area contributed by atoms with Crippen LogP contribution in [0.4, 0.5) is 8.78 Å². The maximum Gasteiger partial charge on any atom is 0.188 e. The van der Waals surface area contributed by atoms with Crippen molar-refractivity contribution in [3.63, 3.8) is 0 Å². The number of carbonyl (C=O) groups is 1. The fourth-order valence-electron chi connectivity index (χ4n) is 3.50. The molecule has 2 aromatic rings. The molecule has 8 heteroatoms. The molecule has 1 aliphatic heterocycles. The van der Waals surface area contributed by atoms with Gasteiger partial charge in [-0.25, -0.2) is 13.8 Å². The molecule has 0 fully saturated rings. The fraction of sp³-hybridized carbons (Fsp3) is 0.364. The summed E-state index contributed by atoms with van der Waals surface area (Å²) in [5.74, 6) is 2.23. The van der Waals surface area contributed by atoms with E-state index in [0.717, 1.165) is 0 Å². The standard InChI is InChI=1S/C22H25F2N3O2S/c1-13-8-17(24)19(26-11-13)18(28)10-14-6-7-16(23)15(9-14)22(4)12-30(5,29)21(2,3)20(25)27-22/h6-9,11H,5,10,12H2,1-4H3,(H2,25,27)/t22-,30?/m0/s1. The van der Waals surface area contributed by atoms with Crippen molar-refractivity contribution >= 4 is 27.0 Å². The summed E-state index contributed by atoms with van der Waals surface area (Å²) in [6.45, 7) is 6.73. The van der Waals surface area contributed by atoms with Crippen molar-refractivity contribution in [2.75, 3.05) is 5.75 Å². The van der Waals surface area contributed by atoms with E-state index >= 15 is 0 Å². The van der Waals surface area contributed by atoms with Gasteiger partial charge in [0, 0.05) is 23.9 Å². The van der Waals surface area contributed by atoms with Crippen LogP contribution >= 0.6 is 0 Å². The van der Waals surface area contributed by atoms with Crippen LogP contribution < -0.4 is 5.73 Å². The van der Waals surface area contributed by atoms with Gasteiger partial charge in [0.05, 0.1) is 10.3 Å². The number of halogens is 2. The summed E-state index contributed by atoms with van der Waals surface area (Å²) in [7, 11) is -2.72. The van der Waals surface area contributed by atoms with Crippen molar-refractivity contribution in [3.8, 4) is 0 Å². The van der Waals surface area contributed by atoms with Crippen LogP contribution in [-0.2, 0) is 21.5 Å². The molecule has 0 amide bonds. The Morgan fingerprint density at radius 2 is 1.90 bits per heavy atom. The Morgan fingerprint density at radius 3 is 2.50 bits per heavy atom. The Bertz CT molecular complexity index is 1170. The summed E-state index contributed by atoms with van der Waals surface area (Å²) in [6.07, 6.45) is 1.25. The lowest BCUT2D eigenvalue weighted by Gasteiger charge is -2.41. The number of benzene rings is 1. The summed E-state index contributed by atoms with van der Waals surface area (Å²) in [6, 6.07) is 5.40. The first-order valence-corrected chi connectivity index (χ1v) is 11.3. The first kappa shape index (κ1) is 22.1. The van der Waals surface area contributed by atoms with Gasteiger partial charge in [-0.2, -0.15) is 0 Å². The number of nitrogens with zero attached hydrogens (tertiary/aromatic N) is 2. The SMILES string of the molecule is C=S1(=O)C[C@@](C)(c2cc(CC(=O)c3ncc(C)cc3F)ccc2F)N=C(N)C1(C)C. The lowest BCUT2D eigenvalue weighted by Crippen LogP contribution is -2.54. The van der Waals surface area contributed by atoms with E-state index in [2.05, 4.69) is 15.8 Å². The molecule has 0 saturated carbocycles. The van der Waals surface area contributed by atoms with Gasteiger partial charge in [-0.3, -0.25) is 14.0 Å². The number of rotatable bonds is 4. The van der Waals surface area contributed by atoms with Gasteiger partial charge in [-0.15, -0.1) is 0 Å². The van der Waals surface area contributed by atoms with Gasteiger partial charge in [0.2, 0.25) is 0 Å². The number of aliphatic imine (C=N–C) groups is 1. The van der Waals surface area contributed by atoms with Gasteiger partial charge in [0.1, 0.15) is 17.3 Å². The summed E-state index contributed by atoms with van der Waals surface area (Å²) in [4.78, 5) is 20.9. The van der Waals surface area contributed by atoms with E-state index in [0.29, 0.717) is 11.1 Å². The lowest BCUT2D eigenvalue weighted by atomic mass is 9.90. The first-order valence-electron chi connectivity index (χ1n) is 9.41. The molecule has 2 heterocycles. The van der Waals surface area contributed by atoms with Gasteiger partial charge >= 0.3 is 0 Å². The number of nitrogens with two attached hydrogens (primary N) is 1. The van der Waals surface area contributed by atoms with Crippen LogP contribution in [0, 0.1) is 18.6 Å². The third-order valence-corrected chi connectivity index (χ3v) is 8.74. The molecule has 30 heavy (non-hydrogen) atoms. The molecule has 1 unspecified atom stereocenters. The van der Waals surface area contributed by atoms with Crippen molar-refractivity contribution in [1.82, 2.24) is 4.98 Å². The summed E-state index contributed by atoms with van der Waals surface area (Å²) in [5, 5.41) is 0. The first-order chi connectivity index (χ1) is 13.8. The molecular formula is C22H25F2N3O2S. The molecule has 160 valence electrons. The smallest absolute Gasteiger partial charge is 0.188 e. The fourth-order valence-corrected chi connectivity index (χ4v) is 5.41. The number of Topliss-reactive ketones (excluding diaryl/α,β-unsaturated/α-hetero) is 1. The number of ketones is 1. The minimum absolute atomic E-state index is 0.0101. The van der Waals surface area contributed by atoms with Gasteiger partial charge in [-0.1, -0.05) is 6.07 Å². The second-order valence-electron chi connectivity index (χ2n) is 8.49. The van der Waals surface area contributed by atoms with E-state index < -0.39 is 37.2 Å². The molecular weight excluding hydrogens is 408 g/mol. The summed E-state index contributed by atoms with van der Waals surface area (Å²) in [5.41, 5.74) is 5.85. The molecule has 2 N–H and O–H groups in total. The van der Waals surface area contributed by atoms with Crippen molar-refractivity contribution in [1.29, 1.82) is 0 Å². The van der Waals surface area contributed by atoms with E-state index in [1.165, 1.54) is 30.5 Å². The molecule has 0 radical (unpaired) electrons. The maximum absolute atomic E-state index is 14.8. The Hall–Kier alpha value is -2.61. The third kappa shape index (κ3) is 3.76. The second kappa shape index (κ2) is 7.27. The highest BCUT2D eigenvalue weighted by molar-refractivity contribution is 8.02.